The van der Waals surface area contributed by atoms with E-state index in [4.69, 9.17) is 0 Å². The Morgan fingerprint density at radius 2 is 1.42 bits per heavy atom. The Morgan fingerprint density at radius 3 is 1.96 bits per heavy atom. The van der Waals surface area contributed by atoms with Crippen LogP contribution in [0.3, 0.4) is 0 Å². The smallest absolute Gasteiger partial charge is 0.223 e. The van der Waals surface area contributed by atoms with Crippen molar-refractivity contribution in [1.82, 2.24) is 4.90 Å². The van der Waals surface area contributed by atoms with Crippen LogP contribution in [-0.4, -0.2) is 29.7 Å². The maximum atomic E-state index is 12.5. The molecule has 0 spiro atoms. The maximum absolute atomic E-state index is 12.5. The lowest BCUT2D eigenvalue weighted by Crippen LogP contribution is -2.40. The first-order valence-corrected chi connectivity index (χ1v) is 8.30. The molecule has 0 bridgehead atoms. The van der Waals surface area contributed by atoms with E-state index < -0.39 is 6.04 Å². The van der Waals surface area contributed by atoms with Crippen molar-refractivity contribution in [3.05, 3.63) is 70.8 Å². The van der Waals surface area contributed by atoms with Gasteiger partial charge in [-0.15, -0.1) is 0 Å². The van der Waals surface area contributed by atoms with Gasteiger partial charge in [0, 0.05) is 19.0 Å². The number of rotatable bonds is 6. The first-order valence-electron chi connectivity index (χ1n) is 8.30. The molecule has 0 aromatic heterocycles. The minimum absolute atomic E-state index is 0.0106. The van der Waals surface area contributed by atoms with Gasteiger partial charge >= 0.3 is 0 Å². The molecule has 126 valence electrons. The van der Waals surface area contributed by atoms with Crippen LogP contribution in [0.15, 0.2) is 48.5 Å². The molecule has 0 aliphatic carbocycles. The number of carbonyl (C=O) groups is 2. The summed E-state index contributed by atoms with van der Waals surface area (Å²) in [5.41, 5.74) is 4.10. The molecular formula is C21H25NO2. The van der Waals surface area contributed by atoms with Crippen molar-refractivity contribution >= 4 is 11.7 Å². The zero-order valence-corrected chi connectivity index (χ0v) is 14.9. The second kappa shape index (κ2) is 7.91. The van der Waals surface area contributed by atoms with Gasteiger partial charge in [-0.25, -0.2) is 0 Å². The number of Topliss-reactive ketones (excluding diaryl/α,β-unsaturated/α-hetero) is 1. The van der Waals surface area contributed by atoms with E-state index in [1.165, 1.54) is 5.56 Å². The van der Waals surface area contributed by atoms with Crippen molar-refractivity contribution in [3.63, 3.8) is 0 Å². The van der Waals surface area contributed by atoms with Crippen LogP contribution < -0.4 is 0 Å². The SMILES string of the molecule is Cc1ccc(CCC(=O)N(C)C(C)C(=O)c2ccc(C)cc2)cc1. The van der Waals surface area contributed by atoms with E-state index in [-0.39, 0.29) is 11.7 Å². The highest BCUT2D eigenvalue weighted by Crippen LogP contribution is 2.12. The number of benzene rings is 2. The van der Waals surface area contributed by atoms with E-state index in [2.05, 4.69) is 0 Å². The zero-order valence-electron chi connectivity index (χ0n) is 14.9. The summed E-state index contributed by atoms with van der Waals surface area (Å²) >= 11 is 0. The summed E-state index contributed by atoms with van der Waals surface area (Å²) in [5, 5.41) is 0. The Kier molecular flexibility index (Phi) is 5.91. The molecule has 24 heavy (non-hydrogen) atoms. The molecule has 0 aliphatic rings. The highest BCUT2D eigenvalue weighted by atomic mass is 16.2. The number of aryl methyl sites for hydroxylation is 3. The Labute approximate surface area is 144 Å². The van der Waals surface area contributed by atoms with Crippen molar-refractivity contribution in [1.29, 1.82) is 0 Å². The molecule has 1 unspecified atom stereocenters. The normalized spacial score (nSPS) is 11.8. The molecule has 1 amide bonds. The molecule has 0 N–H and O–H groups in total. The van der Waals surface area contributed by atoms with Crippen LogP contribution in [0.4, 0.5) is 0 Å². The Hall–Kier alpha value is -2.42. The molecule has 0 heterocycles. The maximum Gasteiger partial charge on any atom is 0.223 e. The van der Waals surface area contributed by atoms with E-state index in [9.17, 15) is 9.59 Å². The first-order chi connectivity index (χ1) is 11.4. The van der Waals surface area contributed by atoms with E-state index in [0.717, 1.165) is 11.1 Å². The quantitative estimate of drug-likeness (QED) is 0.754. The number of ketones is 1. The van der Waals surface area contributed by atoms with Gasteiger partial charge in [0.15, 0.2) is 5.78 Å². The van der Waals surface area contributed by atoms with Crippen molar-refractivity contribution < 1.29 is 9.59 Å². The molecule has 0 radical (unpaired) electrons. The van der Waals surface area contributed by atoms with Crippen LogP contribution in [0.25, 0.3) is 0 Å². The molecule has 3 nitrogen and oxygen atoms in total. The molecule has 0 saturated heterocycles. The lowest BCUT2D eigenvalue weighted by Gasteiger charge is -2.24. The molecule has 2 aromatic carbocycles. The largest absolute Gasteiger partial charge is 0.336 e. The van der Waals surface area contributed by atoms with Crippen LogP contribution in [-0.2, 0) is 11.2 Å². The zero-order chi connectivity index (χ0) is 17.7. The van der Waals surface area contributed by atoms with Gasteiger partial charge in [0.05, 0.1) is 6.04 Å². The van der Waals surface area contributed by atoms with E-state index in [1.807, 2.05) is 62.4 Å². The first kappa shape index (κ1) is 17.9. The van der Waals surface area contributed by atoms with Crippen molar-refractivity contribution in [2.75, 3.05) is 7.05 Å². The van der Waals surface area contributed by atoms with Crippen molar-refractivity contribution in [2.24, 2.45) is 0 Å². The van der Waals surface area contributed by atoms with Gasteiger partial charge in [-0.3, -0.25) is 9.59 Å². The van der Waals surface area contributed by atoms with Gasteiger partial charge in [0.25, 0.3) is 0 Å². The molecule has 3 heteroatoms. The highest BCUT2D eigenvalue weighted by Gasteiger charge is 2.23. The summed E-state index contributed by atoms with van der Waals surface area (Å²) in [6.45, 7) is 5.81. The van der Waals surface area contributed by atoms with E-state index in [1.54, 1.807) is 18.9 Å². The summed E-state index contributed by atoms with van der Waals surface area (Å²) in [6.07, 6.45) is 1.10. The highest BCUT2D eigenvalue weighted by molar-refractivity contribution is 6.01. The summed E-state index contributed by atoms with van der Waals surface area (Å²) in [4.78, 5) is 26.5. The standard InChI is InChI=1S/C21H25NO2/c1-15-5-9-18(10-6-15)11-14-20(23)22(4)17(3)21(24)19-12-7-16(2)8-13-19/h5-10,12-13,17H,11,14H2,1-4H3. The fourth-order valence-electron chi connectivity index (χ4n) is 2.53. The fourth-order valence-corrected chi connectivity index (χ4v) is 2.53. The number of likely N-dealkylation sites (N-methyl/N-ethyl adjacent to an activating group) is 1. The second-order valence-electron chi connectivity index (χ2n) is 6.40. The topological polar surface area (TPSA) is 37.4 Å². The average Bonchev–Trinajstić information content (AvgIpc) is 2.59. The van der Waals surface area contributed by atoms with Gasteiger partial charge in [-0.1, -0.05) is 59.7 Å². The molecule has 0 fully saturated rings. The molecule has 2 aromatic rings. The summed E-state index contributed by atoms with van der Waals surface area (Å²) in [5.74, 6) is -0.0373. The summed E-state index contributed by atoms with van der Waals surface area (Å²) in [6, 6.07) is 15.2. The van der Waals surface area contributed by atoms with Gasteiger partial charge in [-0.05, 0) is 32.8 Å². The lowest BCUT2D eigenvalue weighted by atomic mass is 10.0. The van der Waals surface area contributed by atoms with E-state index in [0.29, 0.717) is 18.4 Å². The van der Waals surface area contributed by atoms with Crippen molar-refractivity contribution in [3.8, 4) is 0 Å². The molecule has 2 rings (SSSR count). The number of hydrogen-bond donors (Lipinski definition) is 0. The van der Waals surface area contributed by atoms with Crippen LogP contribution in [0.5, 0.6) is 0 Å². The Bertz CT molecular complexity index is 702. The second-order valence-corrected chi connectivity index (χ2v) is 6.40. The van der Waals surface area contributed by atoms with Crippen molar-refractivity contribution in [2.45, 2.75) is 39.7 Å². The predicted molar refractivity (Wildman–Crippen MR) is 97.2 cm³/mol. The Balaban J connectivity index is 1.94. The number of hydrogen-bond acceptors (Lipinski definition) is 2. The van der Waals surface area contributed by atoms with Gasteiger partial charge in [-0.2, -0.15) is 0 Å². The van der Waals surface area contributed by atoms with Crippen LogP contribution in [0.1, 0.15) is 40.4 Å². The predicted octanol–water partition coefficient (Wildman–Crippen LogP) is 3.97. The number of nitrogens with zero attached hydrogens (tertiary/aromatic N) is 1. The van der Waals surface area contributed by atoms with E-state index >= 15 is 0 Å². The average molecular weight is 323 g/mol. The minimum Gasteiger partial charge on any atom is -0.336 e. The third-order valence-electron chi connectivity index (χ3n) is 4.44. The fraction of sp³-hybridized carbons (Fsp3) is 0.333. The summed E-state index contributed by atoms with van der Waals surface area (Å²) in [7, 11) is 1.70. The monoisotopic (exact) mass is 323 g/mol. The van der Waals surface area contributed by atoms with Crippen LogP contribution >= 0.6 is 0 Å². The molecule has 0 aliphatic heterocycles. The molecule has 1 atom stereocenters. The minimum atomic E-state index is -0.460. The number of carbonyl (C=O) groups excluding carboxylic acids is 2. The third kappa shape index (κ3) is 4.54. The molecular weight excluding hydrogens is 298 g/mol. The lowest BCUT2D eigenvalue weighted by molar-refractivity contribution is -0.130. The van der Waals surface area contributed by atoms with Gasteiger partial charge in [0.1, 0.15) is 0 Å². The van der Waals surface area contributed by atoms with Crippen LogP contribution in [0, 0.1) is 13.8 Å². The summed E-state index contributed by atoms with van der Waals surface area (Å²) < 4.78 is 0. The third-order valence-corrected chi connectivity index (χ3v) is 4.44. The van der Waals surface area contributed by atoms with Gasteiger partial charge in [0.2, 0.25) is 5.91 Å². The van der Waals surface area contributed by atoms with Crippen LogP contribution in [0.2, 0.25) is 0 Å². The Morgan fingerprint density at radius 1 is 0.917 bits per heavy atom. The number of amides is 1. The molecule has 0 saturated carbocycles. The van der Waals surface area contributed by atoms with Gasteiger partial charge < -0.3 is 4.90 Å².